The van der Waals surface area contributed by atoms with Crippen molar-refractivity contribution in [3.8, 4) is 50.7 Å². The maximum absolute atomic E-state index is 10.2. The number of hydrogen-bond acceptors (Lipinski definition) is 4. The first-order valence-corrected chi connectivity index (χ1v) is 24.4. The number of rotatable bonds is 10. The van der Waals surface area contributed by atoms with Crippen molar-refractivity contribution in [2.45, 2.75) is 78.4 Å². The molecule has 0 amide bonds. The van der Waals surface area contributed by atoms with E-state index in [0.717, 1.165) is 52.0 Å². The monoisotopic (exact) mass is 1140 g/mol. The summed E-state index contributed by atoms with van der Waals surface area (Å²) in [5, 5.41) is 0.728. The van der Waals surface area contributed by atoms with Crippen molar-refractivity contribution in [2.75, 3.05) is 9.80 Å². The molecule has 1 aliphatic heterocycles. The summed E-state index contributed by atoms with van der Waals surface area (Å²) in [7, 11) is 0. The first-order chi connectivity index (χ1) is 39.8. The number of aryl methyl sites for hydroxylation is 1. The average molecular weight is 1140 g/mol. The summed E-state index contributed by atoms with van der Waals surface area (Å²) < 4.78 is 116. The molecular weight excluding hydrogens is 1070 g/mol. The molecule has 1 aliphatic carbocycles. The van der Waals surface area contributed by atoms with Crippen molar-refractivity contribution in [1.82, 2.24) is 9.55 Å². The Morgan fingerprint density at radius 3 is 2.14 bits per heavy atom. The van der Waals surface area contributed by atoms with Gasteiger partial charge in [0.05, 0.1) is 9.60 Å². The predicted octanol–water partition coefficient (Wildman–Crippen LogP) is 17.8. The van der Waals surface area contributed by atoms with E-state index in [1.54, 1.807) is 60.9 Å². The van der Waals surface area contributed by atoms with E-state index < -0.39 is 36.1 Å². The second-order valence-electron chi connectivity index (χ2n) is 20.3. The Bertz CT molecular complexity index is 4330. The van der Waals surface area contributed by atoms with E-state index in [1.807, 2.05) is 103 Å². The Hall–Kier alpha value is -7.20. The molecule has 0 saturated carbocycles. The van der Waals surface area contributed by atoms with Crippen LogP contribution in [-0.2, 0) is 38.3 Å². The van der Waals surface area contributed by atoms with Crippen LogP contribution in [0.2, 0.25) is 0 Å². The van der Waals surface area contributed by atoms with Crippen LogP contribution in [0.15, 0.2) is 182 Å². The minimum atomic E-state index is -2.33. The molecule has 0 unspecified atom stereocenters. The maximum Gasteiger partial charge on any atom is 0.135 e. The molecule has 0 bridgehead atoms. The third-order valence-corrected chi connectivity index (χ3v) is 14.1. The third-order valence-electron chi connectivity index (χ3n) is 14.1. The van der Waals surface area contributed by atoms with Crippen molar-refractivity contribution in [3.05, 3.63) is 223 Å². The summed E-state index contributed by atoms with van der Waals surface area (Å²) in [6, 6.07) is 46.4. The molecule has 6 heteroatoms. The Kier molecular flexibility index (Phi) is 9.33. The molecule has 3 heterocycles. The number of aromatic nitrogens is 2. The van der Waals surface area contributed by atoms with Crippen molar-refractivity contribution in [1.29, 1.82) is 0 Å². The predicted molar refractivity (Wildman–Crippen MR) is 299 cm³/mol. The summed E-state index contributed by atoms with van der Waals surface area (Å²) in [5.41, 5.74) is 8.39. The molecule has 0 fully saturated rings. The number of hydrogen-bond donors (Lipinski definition) is 0. The van der Waals surface area contributed by atoms with Crippen LogP contribution < -0.4 is 14.5 Å². The normalized spacial score (nSPS) is 17.3. The number of benzene rings is 8. The van der Waals surface area contributed by atoms with Gasteiger partial charge in [-0.15, -0.1) is 48.1 Å². The van der Waals surface area contributed by atoms with E-state index >= 15 is 0 Å². The van der Waals surface area contributed by atoms with Crippen molar-refractivity contribution < 1.29 is 42.3 Å². The van der Waals surface area contributed by atoms with Crippen LogP contribution in [0.5, 0.6) is 11.5 Å². The quantitative estimate of drug-likeness (QED) is 0.128. The molecule has 12 rings (SSSR count). The standard InChI is InChI=1S/C67H59N4O.Pt/c1-44(2)38-46-34-37-68-64(39-46)71-60-23-11-10-20-56(60)57-32-31-52(42-63(57)71)72-51-18-14-17-50(41-51)69-43-70(62-25-13-12-24-61(62)69)65-54(48-28-26-47(27-29-48)53-19-9-8-16-45(53)3)21-15-22-55(65)49-30-33-58-59(40-49)67(6,7)36-35-66(58,4)5;/h8-34,37,39-40,43-44H,35-36,38H2,1-7H3;/q-3;/i3D3,10D,11D,20D,23D,30D,33D,38D2,40D;. The van der Waals surface area contributed by atoms with Crippen LogP contribution in [0.1, 0.15) is 93.1 Å². The van der Waals surface area contributed by atoms with Crippen LogP contribution in [0, 0.1) is 31.6 Å². The van der Waals surface area contributed by atoms with E-state index in [4.69, 9.17) is 17.1 Å². The smallest absolute Gasteiger partial charge is 0.135 e. The van der Waals surface area contributed by atoms with E-state index in [1.165, 1.54) is 6.20 Å². The van der Waals surface area contributed by atoms with Gasteiger partial charge in [0.25, 0.3) is 0 Å². The second kappa shape index (κ2) is 19.0. The fourth-order valence-electron chi connectivity index (χ4n) is 10.3. The summed E-state index contributed by atoms with van der Waals surface area (Å²) >= 11 is 0. The van der Waals surface area contributed by atoms with Crippen molar-refractivity contribution in [2.24, 2.45) is 5.92 Å². The fraction of sp³-hybridized carbons (Fsp3) is 0.194. The van der Waals surface area contributed by atoms with E-state index in [0.29, 0.717) is 50.3 Å². The van der Waals surface area contributed by atoms with E-state index in [2.05, 4.69) is 49.7 Å². The molecule has 0 spiro atoms. The first-order valence-electron chi connectivity index (χ1n) is 30.4. The number of pyridine rings is 1. The second-order valence-corrected chi connectivity index (χ2v) is 20.3. The Morgan fingerprint density at radius 1 is 0.685 bits per heavy atom. The number of para-hydroxylation sites is 4. The molecule has 0 radical (unpaired) electrons. The largest absolute Gasteiger partial charge is 0.509 e. The maximum atomic E-state index is 10.2. The molecule has 2 aliphatic rings. The zero-order chi connectivity index (χ0) is 59.7. The van der Waals surface area contributed by atoms with Gasteiger partial charge >= 0.3 is 0 Å². The molecule has 0 saturated heterocycles. The zero-order valence-corrected chi connectivity index (χ0v) is 43.6. The number of fused-ring (bicyclic) bond motifs is 5. The SMILES string of the molecule is [2H]c1c([2H])c2c(c([2H])c1-c1cccc(-c3ccc(-c4ccccc4C([2H])([2H])[2H])cc3)c1N1[CH-]N(c3[c-]c(Oc4[c-]c5c(cc4)c4c([2H])c([2H])c([2H])c([2H])c4n5-c4cc(C([2H])([2H])C(C)C)ccn4)ccc3)c3ccccc31)C(C)(C)CCC2(C)C.[Pt]. The van der Waals surface area contributed by atoms with Crippen molar-refractivity contribution >= 4 is 44.6 Å². The van der Waals surface area contributed by atoms with Gasteiger partial charge in [0, 0.05) is 79.3 Å². The van der Waals surface area contributed by atoms with Gasteiger partial charge in [-0.05, 0) is 123 Å². The van der Waals surface area contributed by atoms with Gasteiger partial charge in [0.15, 0.2) is 0 Å². The van der Waals surface area contributed by atoms with Crippen LogP contribution >= 0.6 is 0 Å². The van der Waals surface area contributed by atoms with E-state index in [-0.39, 0.29) is 85.2 Å². The fourth-order valence-corrected chi connectivity index (χ4v) is 10.3. The van der Waals surface area contributed by atoms with Gasteiger partial charge in [-0.3, -0.25) is 0 Å². The summed E-state index contributed by atoms with van der Waals surface area (Å²) in [5.74, 6) is 0.410. The Labute approximate surface area is 462 Å². The van der Waals surface area contributed by atoms with Gasteiger partial charge in [0.1, 0.15) is 5.82 Å². The van der Waals surface area contributed by atoms with Gasteiger partial charge in [-0.2, -0.15) is 12.1 Å². The first kappa shape index (κ1) is 35.8. The number of nitrogens with zero attached hydrogens (tertiary/aromatic N) is 4. The van der Waals surface area contributed by atoms with Gasteiger partial charge < -0.3 is 19.1 Å². The minimum absolute atomic E-state index is 0. The Balaban J connectivity index is 0.00000752. The summed E-state index contributed by atoms with van der Waals surface area (Å²) in [6.45, 7) is 11.7. The average Bonchev–Trinajstić information content (AvgIpc) is 1.75. The molecule has 10 aromatic rings. The molecule has 2 aromatic heterocycles. The molecule has 8 aromatic carbocycles. The molecule has 0 N–H and O–H groups in total. The third kappa shape index (κ3) is 8.76. The topological polar surface area (TPSA) is 33.5 Å². The summed E-state index contributed by atoms with van der Waals surface area (Å²) in [4.78, 5) is 8.66. The summed E-state index contributed by atoms with van der Waals surface area (Å²) in [6.07, 6.45) is 1.38. The number of ether oxygens (including phenoxy) is 1. The van der Waals surface area contributed by atoms with Crippen LogP contribution in [0.3, 0.4) is 0 Å². The molecule has 0 atom stereocenters. The van der Waals surface area contributed by atoms with E-state index in [9.17, 15) is 4.11 Å². The zero-order valence-electron chi connectivity index (χ0n) is 53.4. The molecule has 5 nitrogen and oxygen atoms in total. The molecular formula is C67H59N4OPt-3. The molecule has 73 heavy (non-hydrogen) atoms. The van der Waals surface area contributed by atoms with Gasteiger partial charge in [0.2, 0.25) is 0 Å². The van der Waals surface area contributed by atoms with Crippen molar-refractivity contribution in [3.63, 3.8) is 0 Å². The number of anilines is 4. The van der Waals surface area contributed by atoms with Gasteiger partial charge in [-0.25, -0.2) is 4.98 Å². The minimum Gasteiger partial charge on any atom is -0.509 e. The van der Waals surface area contributed by atoms with Gasteiger partial charge in [-0.1, -0.05) is 162 Å². The van der Waals surface area contributed by atoms with Crippen LogP contribution in [0.25, 0.3) is 61.0 Å². The Morgan fingerprint density at radius 2 is 1.36 bits per heavy atom. The van der Waals surface area contributed by atoms with Crippen LogP contribution in [-0.4, -0.2) is 9.55 Å². The molecule has 366 valence electrons. The van der Waals surface area contributed by atoms with Crippen LogP contribution in [0.4, 0.5) is 22.7 Å².